The Kier molecular flexibility index (Phi) is 6.31. The third-order valence-electron chi connectivity index (χ3n) is 6.09. The molecule has 0 bridgehead atoms. The molecule has 1 fully saturated rings. The van der Waals surface area contributed by atoms with Crippen LogP contribution in [0.15, 0.2) is 36.7 Å². The van der Waals surface area contributed by atoms with Crippen molar-refractivity contribution in [2.75, 3.05) is 37.9 Å². The maximum absolute atomic E-state index is 12.0. The van der Waals surface area contributed by atoms with E-state index in [2.05, 4.69) is 14.9 Å². The lowest BCUT2D eigenvalue weighted by atomic mass is 10.1. The summed E-state index contributed by atoms with van der Waals surface area (Å²) in [5.74, 6) is 2.12. The number of ether oxygens (including phenoxy) is 3. The monoisotopic (exact) mass is 497 g/mol. The number of hydrogen-bond donors (Lipinski definition) is 0. The predicted octanol–water partition coefficient (Wildman–Crippen LogP) is 4.50. The van der Waals surface area contributed by atoms with E-state index < -0.39 is 4.92 Å². The molecule has 3 heterocycles. The van der Waals surface area contributed by atoms with E-state index in [9.17, 15) is 10.1 Å². The summed E-state index contributed by atoms with van der Waals surface area (Å²) < 4.78 is 16.7. The van der Waals surface area contributed by atoms with Crippen molar-refractivity contribution in [3.8, 4) is 23.1 Å². The molecule has 0 amide bonds. The summed E-state index contributed by atoms with van der Waals surface area (Å²) in [6.45, 7) is 7.32. The lowest BCUT2D eigenvalue weighted by Crippen LogP contribution is -2.46. The number of hydrogen-bond acceptors (Lipinski definition) is 9. The summed E-state index contributed by atoms with van der Waals surface area (Å²) >= 11 is 6.24. The summed E-state index contributed by atoms with van der Waals surface area (Å²) in [7, 11) is 0. The second kappa shape index (κ2) is 9.55. The molecule has 35 heavy (non-hydrogen) atoms. The van der Waals surface area contributed by atoms with Crippen LogP contribution in [-0.4, -0.2) is 52.8 Å². The van der Waals surface area contributed by atoms with Crippen LogP contribution in [0.4, 0.5) is 11.5 Å². The number of aryl methyl sites for hydroxylation is 2. The molecule has 5 rings (SSSR count). The van der Waals surface area contributed by atoms with Crippen molar-refractivity contribution in [3.05, 3.63) is 68.5 Å². The predicted molar refractivity (Wildman–Crippen MR) is 130 cm³/mol. The van der Waals surface area contributed by atoms with Crippen molar-refractivity contribution in [3.63, 3.8) is 0 Å². The lowest BCUT2D eigenvalue weighted by molar-refractivity contribution is -0.385. The number of halogens is 1. The van der Waals surface area contributed by atoms with Gasteiger partial charge in [0.25, 0.3) is 0 Å². The quantitative estimate of drug-likeness (QED) is 0.359. The van der Waals surface area contributed by atoms with Gasteiger partial charge in [0.15, 0.2) is 11.5 Å². The molecule has 182 valence electrons. The van der Waals surface area contributed by atoms with Crippen LogP contribution in [0.2, 0.25) is 5.02 Å². The largest absolute Gasteiger partial charge is 0.454 e. The van der Waals surface area contributed by atoms with Gasteiger partial charge in [-0.3, -0.25) is 15.0 Å². The van der Waals surface area contributed by atoms with Crippen molar-refractivity contribution in [2.24, 2.45) is 0 Å². The molecule has 11 heteroatoms. The highest BCUT2D eigenvalue weighted by Crippen LogP contribution is 2.38. The van der Waals surface area contributed by atoms with Gasteiger partial charge < -0.3 is 19.1 Å². The Labute approximate surface area is 207 Å². The maximum atomic E-state index is 12.0. The van der Waals surface area contributed by atoms with Crippen LogP contribution in [0, 0.1) is 24.0 Å². The molecule has 10 nitrogen and oxygen atoms in total. The third kappa shape index (κ3) is 4.80. The lowest BCUT2D eigenvalue weighted by Gasteiger charge is -2.35. The number of benzene rings is 2. The van der Waals surface area contributed by atoms with Crippen molar-refractivity contribution in [1.29, 1.82) is 0 Å². The second-order valence-electron chi connectivity index (χ2n) is 8.53. The van der Waals surface area contributed by atoms with Crippen LogP contribution in [0.5, 0.6) is 23.1 Å². The van der Waals surface area contributed by atoms with E-state index in [4.69, 9.17) is 25.8 Å². The van der Waals surface area contributed by atoms with Crippen LogP contribution in [0.1, 0.15) is 16.7 Å². The summed E-state index contributed by atoms with van der Waals surface area (Å²) in [5.41, 5.74) is 2.51. The van der Waals surface area contributed by atoms with E-state index in [1.807, 2.05) is 36.9 Å². The van der Waals surface area contributed by atoms with Gasteiger partial charge in [-0.1, -0.05) is 17.7 Å². The zero-order valence-corrected chi connectivity index (χ0v) is 20.1. The van der Waals surface area contributed by atoms with Gasteiger partial charge in [0, 0.05) is 37.7 Å². The van der Waals surface area contributed by atoms with Gasteiger partial charge in [-0.2, -0.15) is 4.98 Å². The van der Waals surface area contributed by atoms with Crippen molar-refractivity contribution < 1.29 is 19.1 Å². The Balaban J connectivity index is 1.31. The number of aromatic nitrogens is 2. The number of fused-ring (bicyclic) bond motifs is 1. The number of nitro groups is 1. The van der Waals surface area contributed by atoms with Gasteiger partial charge in [-0.25, -0.2) is 4.98 Å². The Morgan fingerprint density at radius 1 is 1.06 bits per heavy atom. The zero-order valence-electron chi connectivity index (χ0n) is 19.4. The van der Waals surface area contributed by atoms with E-state index in [-0.39, 0.29) is 24.2 Å². The van der Waals surface area contributed by atoms with Gasteiger partial charge in [-0.05, 0) is 54.8 Å². The Morgan fingerprint density at radius 2 is 1.77 bits per heavy atom. The van der Waals surface area contributed by atoms with E-state index in [1.54, 1.807) is 12.1 Å². The molecule has 2 aromatic carbocycles. The summed E-state index contributed by atoms with van der Waals surface area (Å²) in [4.78, 5) is 24.0. The smallest absolute Gasteiger partial charge is 0.373 e. The Morgan fingerprint density at radius 3 is 2.49 bits per heavy atom. The minimum absolute atomic E-state index is 0.0936. The average molecular weight is 498 g/mol. The number of rotatable bonds is 6. The first-order valence-corrected chi connectivity index (χ1v) is 11.6. The fourth-order valence-corrected chi connectivity index (χ4v) is 4.42. The van der Waals surface area contributed by atoms with Gasteiger partial charge in [0.1, 0.15) is 12.1 Å². The van der Waals surface area contributed by atoms with E-state index >= 15 is 0 Å². The standard InChI is InChI=1S/C24H24ClN5O5/c1-15-9-18(10-16(2)21(15)25)35-24-22(30(31)32)23(26-13-27-24)29-7-5-28(6-8-29)12-17-3-4-19-20(11-17)34-14-33-19/h3-4,9-11,13H,5-8,12,14H2,1-2H3. The molecule has 2 aliphatic heterocycles. The van der Waals surface area contributed by atoms with Gasteiger partial charge in [0.2, 0.25) is 12.6 Å². The first kappa shape index (κ1) is 23.1. The maximum Gasteiger partial charge on any atom is 0.373 e. The molecule has 0 radical (unpaired) electrons. The molecule has 3 aromatic rings. The van der Waals surface area contributed by atoms with Crippen LogP contribution < -0.4 is 19.1 Å². The summed E-state index contributed by atoms with van der Waals surface area (Å²) in [5, 5.41) is 12.7. The van der Waals surface area contributed by atoms with Crippen molar-refractivity contribution in [2.45, 2.75) is 20.4 Å². The van der Waals surface area contributed by atoms with E-state index in [0.717, 1.165) is 47.8 Å². The van der Waals surface area contributed by atoms with Gasteiger partial charge >= 0.3 is 11.6 Å². The molecule has 1 aromatic heterocycles. The zero-order chi connectivity index (χ0) is 24.5. The fourth-order valence-electron chi connectivity index (χ4n) is 4.31. The highest BCUT2D eigenvalue weighted by molar-refractivity contribution is 6.32. The van der Waals surface area contributed by atoms with E-state index in [1.165, 1.54) is 6.33 Å². The SMILES string of the molecule is Cc1cc(Oc2ncnc(N3CCN(Cc4ccc5c(c4)OCO5)CC3)c2[N+](=O)[O-])cc(C)c1Cl. The van der Waals surface area contributed by atoms with Crippen molar-refractivity contribution in [1.82, 2.24) is 14.9 Å². The number of anilines is 1. The highest BCUT2D eigenvalue weighted by Gasteiger charge is 2.31. The number of piperazine rings is 1. The van der Waals surface area contributed by atoms with Crippen LogP contribution in [0.25, 0.3) is 0 Å². The fraction of sp³-hybridized carbons (Fsp3) is 0.333. The summed E-state index contributed by atoms with van der Waals surface area (Å²) in [6, 6.07) is 9.40. The molecule has 0 saturated carbocycles. The molecule has 0 spiro atoms. The van der Waals surface area contributed by atoms with Crippen LogP contribution in [0.3, 0.4) is 0 Å². The van der Waals surface area contributed by atoms with Crippen LogP contribution in [-0.2, 0) is 6.54 Å². The minimum Gasteiger partial charge on any atom is -0.454 e. The first-order valence-electron chi connectivity index (χ1n) is 11.2. The third-order valence-corrected chi connectivity index (χ3v) is 6.69. The molecule has 0 unspecified atom stereocenters. The van der Waals surface area contributed by atoms with Gasteiger partial charge in [-0.15, -0.1) is 0 Å². The minimum atomic E-state index is -0.487. The van der Waals surface area contributed by atoms with E-state index in [0.29, 0.717) is 23.9 Å². The van der Waals surface area contributed by atoms with Crippen LogP contribution >= 0.6 is 11.6 Å². The second-order valence-corrected chi connectivity index (χ2v) is 8.91. The average Bonchev–Trinajstić information content (AvgIpc) is 3.31. The first-order chi connectivity index (χ1) is 16.9. The molecule has 2 aliphatic rings. The van der Waals surface area contributed by atoms with Crippen molar-refractivity contribution >= 4 is 23.1 Å². The normalized spacial score (nSPS) is 15.3. The summed E-state index contributed by atoms with van der Waals surface area (Å²) in [6.07, 6.45) is 1.30. The topological polar surface area (TPSA) is 103 Å². The molecule has 1 saturated heterocycles. The number of nitrogens with zero attached hydrogens (tertiary/aromatic N) is 5. The molecular weight excluding hydrogens is 474 g/mol. The highest BCUT2D eigenvalue weighted by atomic mass is 35.5. The molecule has 0 aliphatic carbocycles. The Hall–Kier alpha value is -3.63. The molecule has 0 N–H and O–H groups in total. The Bertz CT molecular complexity index is 1260. The molecular formula is C24H24ClN5O5. The van der Waals surface area contributed by atoms with Gasteiger partial charge in [0.05, 0.1) is 4.92 Å². The molecule has 0 atom stereocenters.